The number of aldehydes is 1. The second kappa shape index (κ2) is 7.36. The average molecular weight is 267 g/mol. The number of nitrogens with zero attached hydrogens (tertiary/aromatic N) is 3. The highest BCUT2D eigenvalue weighted by Crippen LogP contribution is 2.16. The summed E-state index contributed by atoms with van der Waals surface area (Å²) in [7, 11) is 0. The zero-order valence-electron chi connectivity index (χ0n) is 10.6. The first-order valence-corrected chi connectivity index (χ1v) is 6.25. The Balaban J connectivity index is 2.39. The SMILES string of the molecule is N#CCCCCCCN1C(=O)N(C(=O)O)C[C@@H]1C=O. The van der Waals surface area contributed by atoms with Crippen LogP contribution in [0.25, 0.3) is 0 Å². The van der Waals surface area contributed by atoms with Crippen molar-refractivity contribution >= 4 is 18.4 Å². The maximum atomic E-state index is 11.8. The van der Waals surface area contributed by atoms with Crippen molar-refractivity contribution in [1.29, 1.82) is 5.26 Å². The molecule has 1 fully saturated rings. The van der Waals surface area contributed by atoms with E-state index in [9.17, 15) is 14.4 Å². The minimum atomic E-state index is -1.33. The van der Waals surface area contributed by atoms with Gasteiger partial charge in [-0.3, -0.25) is 0 Å². The van der Waals surface area contributed by atoms with Crippen LogP contribution in [-0.4, -0.2) is 52.4 Å². The zero-order chi connectivity index (χ0) is 14.3. The smallest absolute Gasteiger partial charge is 0.415 e. The summed E-state index contributed by atoms with van der Waals surface area (Å²) in [4.78, 5) is 35.4. The molecule has 19 heavy (non-hydrogen) atoms. The second-order valence-electron chi connectivity index (χ2n) is 4.39. The van der Waals surface area contributed by atoms with E-state index in [-0.39, 0.29) is 6.54 Å². The lowest BCUT2D eigenvalue weighted by Gasteiger charge is -2.18. The van der Waals surface area contributed by atoms with Gasteiger partial charge in [-0.25, -0.2) is 14.5 Å². The van der Waals surface area contributed by atoms with Crippen molar-refractivity contribution < 1.29 is 19.5 Å². The summed E-state index contributed by atoms with van der Waals surface area (Å²) in [5.41, 5.74) is 0. The van der Waals surface area contributed by atoms with Gasteiger partial charge in [-0.2, -0.15) is 5.26 Å². The molecule has 0 saturated carbocycles. The molecule has 0 bridgehead atoms. The zero-order valence-corrected chi connectivity index (χ0v) is 10.6. The lowest BCUT2D eigenvalue weighted by atomic mass is 10.1. The summed E-state index contributed by atoms with van der Waals surface area (Å²) in [6.45, 7) is 0.282. The van der Waals surface area contributed by atoms with Crippen LogP contribution in [0.2, 0.25) is 0 Å². The van der Waals surface area contributed by atoms with Crippen LogP contribution in [0.5, 0.6) is 0 Å². The molecule has 0 aromatic heterocycles. The first-order chi connectivity index (χ1) is 9.11. The number of unbranched alkanes of at least 4 members (excludes halogenated alkanes) is 4. The van der Waals surface area contributed by atoms with Crippen LogP contribution >= 0.6 is 0 Å². The summed E-state index contributed by atoms with van der Waals surface area (Å²) >= 11 is 0. The van der Waals surface area contributed by atoms with E-state index in [0.717, 1.165) is 19.3 Å². The first kappa shape index (κ1) is 15.0. The molecule has 1 N–H and O–H groups in total. The van der Waals surface area contributed by atoms with Crippen molar-refractivity contribution in [3.8, 4) is 6.07 Å². The molecule has 1 rings (SSSR count). The van der Waals surface area contributed by atoms with Crippen LogP contribution in [-0.2, 0) is 4.79 Å². The number of carbonyl (C=O) groups excluding carboxylic acids is 2. The van der Waals surface area contributed by atoms with Crippen molar-refractivity contribution in [3.63, 3.8) is 0 Å². The number of imide groups is 1. The molecule has 1 atom stereocenters. The van der Waals surface area contributed by atoms with E-state index in [2.05, 4.69) is 6.07 Å². The van der Waals surface area contributed by atoms with Crippen LogP contribution in [0, 0.1) is 11.3 Å². The molecule has 0 unspecified atom stereocenters. The minimum Gasteiger partial charge on any atom is -0.465 e. The molecule has 1 aliphatic rings. The van der Waals surface area contributed by atoms with Gasteiger partial charge < -0.3 is 14.8 Å². The van der Waals surface area contributed by atoms with Gasteiger partial charge in [-0.05, 0) is 12.8 Å². The molecule has 1 aliphatic heterocycles. The molecule has 1 saturated heterocycles. The van der Waals surface area contributed by atoms with Gasteiger partial charge in [0.1, 0.15) is 12.3 Å². The van der Waals surface area contributed by atoms with Gasteiger partial charge in [0, 0.05) is 13.0 Å². The Morgan fingerprint density at radius 1 is 1.42 bits per heavy atom. The Morgan fingerprint density at radius 3 is 2.68 bits per heavy atom. The number of carbonyl (C=O) groups is 3. The van der Waals surface area contributed by atoms with Gasteiger partial charge >= 0.3 is 12.1 Å². The third-order valence-electron chi connectivity index (χ3n) is 3.07. The van der Waals surface area contributed by atoms with Crippen LogP contribution in [0.1, 0.15) is 32.1 Å². The largest absolute Gasteiger partial charge is 0.465 e. The average Bonchev–Trinajstić information content (AvgIpc) is 2.71. The summed E-state index contributed by atoms with van der Waals surface area (Å²) < 4.78 is 0. The molecule has 104 valence electrons. The fourth-order valence-electron chi connectivity index (χ4n) is 2.04. The van der Waals surface area contributed by atoms with E-state index in [1.54, 1.807) is 0 Å². The molecule has 0 aliphatic carbocycles. The number of hydrogen-bond donors (Lipinski definition) is 1. The molecular formula is C12H17N3O4. The monoisotopic (exact) mass is 267 g/mol. The molecule has 0 radical (unpaired) electrons. The van der Waals surface area contributed by atoms with Crippen molar-refractivity contribution in [2.24, 2.45) is 0 Å². The van der Waals surface area contributed by atoms with Crippen LogP contribution in [0.3, 0.4) is 0 Å². The quantitative estimate of drug-likeness (QED) is 0.555. The first-order valence-electron chi connectivity index (χ1n) is 6.25. The van der Waals surface area contributed by atoms with Crippen molar-refractivity contribution in [1.82, 2.24) is 9.80 Å². The topological polar surface area (TPSA) is 102 Å². The molecule has 3 amide bonds. The summed E-state index contributed by atoms with van der Waals surface area (Å²) in [6.07, 6.45) is 3.07. The molecule has 0 aromatic rings. The number of rotatable bonds is 7. The number of urea groups is 1. The highest BCUT2D eigenvalue weighted by atomic mass is 16.4. The lowest BCUT2D eigenvalue weighted by Crippen LogP contribution is -2.37. The van der Waals surface area contributed by atoms with E-state index >= 15 is 0 Å². The summed E-state index contributed by atoms with van der Waals surface area (Å²) in [6, 6.07) is 0.757. The third-order valence-corrected chi connectivity index (χ3v) is 3.07. The van der Waals surface area contributed by atoms with E-state index in [1.807, 2.05) is 0 Å². The Kier molecular flexibility index (Phi) is 5.79. The predicted molar refractivity (Wildman–Crippen MR) is 65.4 cm³/mol. The van der Waals surface area contributed by atoms with Crippen LogP contribution in [0.4, 0.5) is 9.59 Å². The Morgan fingerprint density at radius 2 is 2.11 bits per heavy atom. The van der Waals surface area contributed by atoms with Gasteiger partial charge in [-0.15, -0.1) is 0 Å². The predicted octanol–water partition coefficient (Wildman–Crippen LogP) is 1.44. The second-order valence-corrected chi connectivity index (χ2v) is 4.39. The van der Waals surface area contributed by atoms with Gasteiger partial charge in [-0.1, -0.05) is 12.8 Å². The van der Waals surface area contributed by atoms with Crippen molar-refractivity contribution in [3.05, 3.63) is 0 Å². The van der Waals surface area contributed by atoms with Gasteiger partial charge in [0.25, 0.3) is 0 Å². The Labute approximate surface area is 111 Å². The van der Waals surface area contributed by atoms with Crippen molar-refractivity contribution in [2.45, 2.75) is 38.1 Å². The van der Waals surface area contributed by atoms with Gasteiger partial charge in [0.15, 0.2) is 0 Å². The fraction of sp³-hybridized carbons (Fsp3) is 0.667. The summed E-state index contributed by atoms with van der Waals surface area (Å²) in [5.74, 6) is 0. The van der Waals surface area contributed by atoms with E-state index in [4.69, 9.17) is 10.4 Å². The number of amides is 3. The minimum absolute atomic E-state index is 0.0912. The third kappa shape index (κ3) is 3.95. The number of carboxylic acid groups (broad SMARTS) is 1. The lowest BCUT2D eigenvalue weighted by molar-refractivity contribution is -0.110. The fourth-order valence-corrected chi connectivity index (χ4v) is 2.04. The number of hydrogen-bond acceptors (Lipinski definition) is 4. The highest BCUT2D eigenvalue weighted by molar-refractivity contribution is 5.94. The molecule has 7 heteroatoms. The van der Waals surface area contributed by atoms with Crippen molar-refractivity contribution in [2.75, 3.05) is 13.1 Å². The van der Waals surface area contributed by atoms with Gasteiger partial charge in [0.2, 0.25) is 0 Å². The standard InChI is InChI=1S/C12H17N3O4/c13-6-4-2-1-3-5-7-14-10(9-16)8-15(11(14)17)12(18)19/h9-10H,1-5,7-8H2,(H,18,19)/t10-/m1/s1. The molecule has 0 spiro atoms. The molecule has 7 nitrogen and oxygen atoms in total. The van der Waals surface area contributed by atoms with Gasteiger partial charge in [0.05, 0.1) is 12.6 Å². The highest BCUT2D eigenvalue weighted by Gasteiger charge is 2.39. The number of nitriles is 1. The summed E-state index contributed by atoms with van der Waals surface area (Å²) in [5, 5.41) is 17.2. The van der Waals surface area contributed by atoms with E-state index in [1.165, 1.54) is 4.90 Å². The Bertz CT molecular complexity index is 391. The van der Waals surface area contributed by atoms with E-state index in [0.29, 0.717) is 30.6 Å². The molecule has 0 aromatic carbocycles. The maximum Gasteiger partial charge on any atom is 0.415 e. The maximum absolute atomic E-state index is 11.8. The molecular weight excluding hydrogens is 250 g/mol. The van der Waals surface area contributed by atoms with E-state index < -0.39 is 18.2 Å². The Hall–Kier alpha value is -2.10. The molecule has 1 heterocycles. The van der Waals surface area contributed by atoms with Crippen LogP contribution in [0.15, 0.2) is 0 Å². The van der Waals surface area contributed by atoms with Crippen LogP contribution < -0.4 is 0 Å². The normalized spacial score (nSPS) is 18.5.